The van der Waals surface area contributed by atoms with E-state index in [4.69, 9.17) is 4.42 Å². The van der Waals surface area contributed by atoms with Crippen molar-refractivity contribution in [1.82, 2.24) is 5.32 Å². The van der Waals surface area contributed by atoms with Crippen molar-refractivity contribution >= 4 is 11.8 Å². The van der Waals surface area contributed by atoms with Crippen molar-refractivity contribution in [3.8, 4) is 0 Å². The van der Waals surface area contributed by atoms with Gasteiger partial charge in [-0.1, -0.05) is 20.8 Å². The molecule has 0 saturated heterocycles. The van der Waals surface area contributed by atoms with Gasteiger partial charge in [0, 0.05) is 29.5 Å². The second-order valence-electron chi connectivity index (χ2n) is 5.11. The highest BCUT2D eigenvalue weighted by atomic mass is 32.2. The first-order valence-corrected chi connectivity index (χ1v) is 6.85. The van der Waals surface area contributed by atoms with Gasteiger partial charge < -0.3 is 9.73 Å². The standard InChI is InChI=1S/C13H23NOS/c1-11(10-16-13(2,3)4)14-8-7-12-6-5-9-15-12/h5-6,9,11,14H,7-8,10H2,1-4H3. The van der Waals surface area contributed by atoms with Crippen molar-refractivity contribution in [3.63, 3.8) is 0 Å². The van der Waals surface area contributed by atoms with Crippen LogP contribution in [-0.2, 0) is 6.42 Å². The molecule has 1 unspecified atom stereocenters. The molecule has 0 spiro atoms. The molecule has 1 aromatic rings. The minimum absolute atomic E-state index is 0.358. The van der Waals surface area contributed by atoms with Crippen molar-refractivity contribution in [2.45, 2.75) is 44.9 Å². The van der Waals surface area contributed by atoms with Crippen LogP contribution in [0.2, 0.25) is 0 Å². The van der Waals surface area contributed by atoms with E-state index in [1.807, 2.05) is 23.9 Å². The Bertz CT molecular complexity index is 277. The lowest BCUT2D eigenvalue weighted by atomic mass is 10.3. The van der Waals surface area contributed by atoms with Crippen molar-refractivity contribution in [2.75, 3.05) is 12.3 Å². The summed E-state index contributed by atoms with van der Waals surface area (Å²) in [7, 11) is 0. The average Bonchev–Trinajstić information content (AvgIpc) is 2.66. The van der Waals surface area contributed by atoms with E-state index in [0.717, 1.165) is 24.5 Å². The lowest BCUT2D eigenvalue weighted by Gasteiger charge is -2.21. The van der Waals surface area contributed by atoms with E-state index in [2.05, 4.69) is 33.0 Å². The Morgan fingerprint density at radius 2 is 2.19 bits per heavy atom. The number of nitrogens with one attached hydrogen (secondary N) is 1. The molecule has 92 valence electrons. The Kier molecular flexibility index (Phi) is 5.42. The lowest BCUT2D eigenvalue weighted by molar-refractivity contribution is 0.490. The second kappa shape index (κ2) is 6.36. The fraction of sp³-hybridized carbons (Fsp3) is 0.692. The van der Waals surface area contributed by atoms with Crippen molar-refractivity contribution < 1.29 is 4.42 Å². The molecule has 16 heavy (non-hydrogen) atoms. The van der Waals surface area contributed by atoms with Crippen LogP contribution in [-0.4, -0.2) is 23.1 Å². The highest BCUT2D eigenvalue weighted by Gasteiger charge is 2.12. The Labute approximate surface area is 103 Å². The summed E-state index contributed by atoms with van der Waals surface area (Å²) in [6.45, 7) is 9.99. The molecular weight excluding hydrogens is 218 g/mol. The van der Waals surface area contributed by atoms with Gasteiger partial charge in [0.2, 0.25) is 0 Å². The van der Waals surface area contributed by atoms with E-state index in [1.54, 1.807) is 6.26 Å². The van der Waals surface area contributed by atoms with Crippen LogP contribution < -0.4 is 5.32 Å². The van der Waals surface area contributed by atoms with Crippen LogP contribution in [0, 0.1) is 0 Å². The number of furan rings is 1. The monoisotopic (exact) mass is 241 g/mol. The molecule has 2 nitrogen and oxygen atoms in total. The van der Waals surface area contributed by atoms with Gasteiger partial charge in [-0.3, -0.25) is 0 Å². The summed E-state index contributed by atoms with van der Waals surface area (Å²) in [6.07, 6.45) is 2.70. The number of hydrogen-bond acceptors (Lipinski definition) is 3. The molecule has 1 aromatic heterocycles. The quantitative estimate of drug-likeness (QED) is 0.827. The third kappa shape index (κ3) is 6.23. The van der Waals surface area contributed by atoms with Gasteiger partial charge >= 0.3 is 0 Å². The molecule has 1 N–H and O–H groups in total. The highest BCUT2D eigenvalue weighted by Crippen LogP contribution is 2.23. The van der Waals surface area contributed by atoms with E-state index in [1.165, 1.54) is 0 Å². The maximum Gasteiger partial charge on any atom is 0.105 e. The Hall–Kier alpha value is -0.410. The second-order valence-corrected chi connectivity index (χ2v) is 6.95. The summed E-state index contributed by atoms with van der Waals surface area (Å²) in [5.41, 5.74) is 0. The van der Waals surface area contributed by atoms with Crippen LogP contribution in [0.15, 0.2) is 22.8 Å². The van der Waals surface area contributed by atoms with Crippen molar-refractivity contribution in [2.24, 2.45) is 0 Å². The summed E-state index contributed by atoms with van der Waals surface area (Å²) in [5, 5.41) is 3.51. The van der Waals surface area contributed by atoms with Crippen LogP contribution >= 0.6 is 11.8 Å². The third-order valence-corrected chi connectivity index (χ3v) is 3.74. The molecule has 3 heteroatoms. The van der Waals surface area contributed by atoms with E-state index < -0.39 is 0 Å². The van der Waals surface area contributed by atoms with Gasteiger partial charge in [0.25, 0.3) is 0 Å². The summed E-state index contributed by atoms with van der Waals surface area (Å²) >= 11 is 2.00. The summed E-state index contributed by atoms with van der Waals surface area (Å²) in [5.74, 6) is 2.21. The Morgan fingerprint density at radius 1 is 1.44 bits per heavy atom. The zero-order valence-corrected chi connectivity index (χ0v) is 11.6. The molecule has 0 fully saturated rings. The third-order valence-electron chi connectivity index (χ3n) is 2.21. The summed E-state index contributed by atoms with van der Waals surface area (Å²) < 4.78 is 5.64. The average molecular weight is 241 g/mol. The molecule has 0 aliphatic rings. The first-order valence-electron chi connectivity index (χ1n) is 5.87. The first-order chi connectivity index (χ1) is 7.47. The van der Waals surface area contributed by atoms with Gasteiger partial charge in [0.15, 0.2) is 0 Å². The van der Waals surface area contributed by atoms with Crippen LogP contribution in [0.1, 0.15) is 33.5 Å². The zero-order valence-electron chi connectivity index (χ0n) is 10.7. The number of rotatable bonds is 6. The van der Waals surface area contributed by atoms with Gasteiger partial charge in [-0.05, 0) is 19.1 Å². The normalized spacial score (nSPS) is 14.0. The number of thioether (sulfide) groups is 1. The molecular formula is C13H23NOS. The fourth-order valence-electron chi connectivity index (χ4n) is 1.33. The highest BCUT2D eigenvalue weighted by molar-refractivity contribution is 8.00. The molecule has 0 aliphatic heterocycles. The van der Waals surface area contributed by atoms with Crippen LogP contribution in [0.5, 0.6) is 0 Å². The molecule has 0 amide bonds. The largest absolute Gasteiger partial charge is 0.469 e. The minimum Gasteiger partial charge on any atom is -0.469 e. The van der Waals surface area contributed by atoms with E-state index in [0.29, 0.717) is 10.8 Å². The summed E-state index contributed by atoms with van der Waals surface area (Å²) in [6, 6.07) is 4.52. The fourth-order valence-corrected chi connectivity index (χ4v) is 2.20. The lowest BCUT2D eigenvalue weighted by Crippen LogP contribution is -2.31. The van der Waals surface area contributed by atoms with Gasteiger partial charge in [-0.15, -0.1) is 0 Å². The topological polar surface area (TPSA) is 25.2 Å². The predicted molar refractivity (Wildman–Crippen MR) is 72.1 cm³/mol. The van der Waals surface area contributed by atoms with Gasteiger partial charge in [0.1, 0.15) is 5.76 Å². The molecule has 1 atom stereocenters. The molecule has 0 aliphatic carbocycles. The molecule has 0 saturated carbocycles. The minimum atomic E-state index is 0.358. The first kappa shape index (κ1) is 13.7. The molecule has 0 radical (unpaired) electrons. The molecule has 0 aromatic carbocycles. The van der Waals surface area contributed by atoms with Crippen molar-refractivity contribution in [3.05, 3.63) is 24.2 Å². The summed E-state index contributed by atoms with van der Waals surface area (Å²) in [4.78, 5) is 0. The van der Waals surface area contributed by atoms with Crippen LogP contribution in [0.25, 0.3) is 0 Å². The van der Waals surface area contributed by atoms with Gasteiger partial charge in [-0.2, -0.15) is 11.8 Å². The number of hydrogen-bond donors (Lipinski definition) is 1. The van der Waals surface area contributed by atoms with Crippen LogP contribution in [0.3, 0.4) is 0 Å². The molecule has 1 rings (SSSR count). The Balaban J connectivity index is 2.09. The maximum atomic E-state index is 5.28. The van der Waals surface area contributed by atoms with E-state index in [9.17, 15) is 0 Å². The molecule has 1 heterocycles. The smallest absolute Gasteiger partial charge is 0.105 e. The van der Waals surface area contributed by atoms with Gasteiger partial charge in [-0.25, -0.2) is 0 Å². The molecule has 0 bridgehead atoms. The zero-order chi connectivity index (χ0) is 12.0. The SMILES string of the molecule is CC(CSC(C)(C)C)NCCc1ccco1. The predicted octanol–water partition coefficient (Wildman–Crippen LogP) is 3.33. The van der Waals surface area contributed by atoms with E-state index >= 15 is 0 Å². The van der Waals surface area contributed by atoms with Crippen LogP contribution in [0.4, 0.5) is 0 Å². The Morgan fingerprint density at radius 3 is 2.75 bits per heavy atom. The van der Waals surface area contributed by atoms with Crippen molar-refractivity contribution in [1.29, 1.82) is 0 Å². The van der Waals surface area contributed by atoms with Gasteiger partial charge in [0.05, 0.1) is 6.26 Å². The van der Waals surface area contributed by atoms with E-state index in [-0.39, 0.29) is 0 Å². The maximum absolute atomic E-state index is 5.28.